The average molecular weight is 335 g/mol. The number of anilines is 2. The summed E-state index contributed by atoms with van der Waals surface area (Å²) in [5, 5.41) is 2.93. The maximum Gasteiger partial charge on any atom is 0.255 e. The van der Waals surface area contributed by atoms with Crippen molar-refractivity contribution in [1.29, 1.82) is 0 Å². The molecule has 1 N–H and O–H groups in total. The number of oxazole rings is 1. The van der Waals surface area contributed by atoms with Gasteiger partial charge in [0.15, 0.2) is 0 Å². The molecule has 0 saturated heterocycles. The standard InChI is InChI=1S/C20H21N3O2/c1-13-14(2)25-20(21-13)16-8-5-9-17(11-16)22-19(24)15-7-6-10-18(12-15)23(3)4/h5-12H,1-4H3,(H,22,24). The lowest BCUT2D eigenvalue weighted by Gasteiger charge is -2.13. The SMILES string of the molecule is Cc1nc(-c2cccc(NC(=O)c3cccc(N(C)C)c3)c2)oc1C. The molecule has 3 rings (SSSR count). The minimum Gasteiger partial charge on any atom is -0.441 e. The summed E-state index contributed by atoms with van der Waals surface area (Å²) in [6, 6.07) is 15.0. The summed E-state index contributed by atoms with van der Waals surface area (Å²) in [6.07, 6.45) is 0. The van der Waals surface area contributed by atoms with Gasteiger partial charge in [-0.25, -0.2) is 4.98 Å². The highest BCUT2D eigenvalue weighted by molar-refractivity contribution is 6.05. The summed E-state index contributed by atoms with van der Waals surface area (Å²) in [5.74, 6) is 1.20. The van der Waals surface area contributed by atoms with Crippen LogP contribution in [-0.2, 0) is 0 Å². The van der Waals surface area contributed by atoms with Crippen LogP contribution in [0.2, 0.25) is 0 Å². The van der Waals surface area contributed by atoms with Gasteiger partial charge in [-0.05, 0) is 50.2 Å². The normalized spacial score (nSPS) is 10.6. The molecule has 1 aromatic heterocycles. The second-order valence-electron chi connectivity index (χ2n) is 6.14. The van der Waals surface area contributed by atoms with Crippen LogP contribution < -0.4 is 10.2 Å². The molecule has 0 bridgehead atoms. The van der Waals surface area contributed by atoms with E-state index in [2.05, 4.69) is 10.3 Å². The topological polar surface area (TPSA) is 58.4 Å². The van der Waals surface area contributed by atoms with Gasteiger partial charge in [-0.15, -0.1) is 0 Å². The van der Waals surface area contributed by atoms with Gasteiger partial charge in [0, 0.05) is 36.6 Å². The molecule has 1 heterocycles. The van der Waals surface area contributed by atoms with Crippen molar-refractivity contribution in [2.75, 3.05) is 24.3 Å². The monoisotopic (exact) mass is 335 g/mol. The van der Waals surface area contributed by atoms with Gasteiger partial charge in [0.2, 0.25) is 5.89 Å². The van der Waals surface area contributed by atoms with E-state index in [0.717, 1.165) is 22.7 Å². The largest absolute Gasteiger partial charge is 0.441 e. The van der Waals surface area contributed by atoms with Crippen molar-refractivity contribution in [2.24, 2.45) is 0 Å². The van der Waals surface area contributed by atoms with Gasteiger partial charge in [0.25, 0.3) is 5.91 Å². The van der Waals surface area contributed by atoms with Crippen LogP contribution >= 0.6 is 0 Å². The number of carbonyl (C=O) groups excluding carboxylic acids is 1. The van der Waals surface area contributed by atoms with E-state index < -0.39 is 0 Å². The zero-order valence-corrected chi connectivity index (χ0v) is 14.8. The van der Waals surface area contributed by atoms with Gasteiger partial charge in [0.1, 0.15) is 5.76 Å². The quantitative estimate of drug-likeness (QED) is 0.773. The molecule has 0 radical (unpaired) electrons. The molecule has 0 unspecified atom stereocenters. The van der Waals surface area contributed by atoms with Crippen molar-refractivity contribution in [1.82, 2.24) is 4.98 Å². The molecule has 0 aliphatic heterocycles. The molecule has 2 aromatic carbocycles. The Morgan fingerprint density at radius 2 is 1.84 bits per heavy atom. The number of nitrogens with one attached hydrogen (secondary N) is 1. The Morgan fingerprint density at radius 3 is 2.52 bits per heavy atom. The Balaban J connectivity index is 1.82. The lowest BCUT2D eigenvalue weighted by molar-refractivity contribution is 0.102. The molecule has 1 amide bonds. The van der Waals surface area contributed by atoms with Crippen molar-refractivity contribution in [3.8, 4) is 11.5 Å². The fourth-order valence-corrected chi connectivity index (χ4v) is 2.45. The Kier molecular flexibility index (Phi) is 4.57. The van der Waals surface area contributed by atoms with Crippen LogP contribution in [0.4, 0.5) is 11.4 Å². The molecular weight excluding hydrogens is 314 g/mol. The first-order chi connectivity index (χ1) is 11.9. The van der Waals surface area contributed by atoms with Gasteiger partial charge in [-0.1, -0.05) is 12.1 Å². The van der Waals surface area contributed by atoms with Crippen LogP contribution in [-0.4, -0.2) is 25.0 Å². The van der Waals surface area contributed by atoms with E-state index in [4.69, 9.17) is 4.42 Å². The van der Waals surface area contributed by atoms with Crippen LogP contribution in [0.25, 0.3) is 11.5 Å². The van der Waals surface area contributed by atoms with E-state index in [9.17, 15) is 4.79 Å². The predicted molar refractivity (Wildman–Crippen MR) is 100 cm³/mol. The van der Waals surface area contributed by atoms with Gasteiger partial charge < -0.3 is 14.6 Å². The number of nitrogens with zero attached hydrogens (tertiary/aromatic N) is 2. The third-order valence-electron chi connectivity index (χ3n) is 4.02. The molecule has 0 aliphatic rings. The predicted octanol–water partition coefficient (Wildman–Crippen LogP) is 4.28. The molecule has 0 aliphatic carbocycles. The van der Waals surface area contributed by atoms with Crippen molar-refractivity contribution in [2.45, 2.75) is 13.8 Å². The van der Waals surface area contributed by atoms with E-state index in [0.29, 0.717) is 17.1 Å². The Bertz CT molecular complexity index is 893. The molecule has 0 saturated carbocycles. The highest BCUT2D eigenvalue weighted by atomic mass is 16.4. The fraction of sp³-hybridized carbons (Fsp3) is 0.200. The Hall–Kier alpha value is -3.08. The molecule has 0 atom stereocenters. The molecule has 25 heavy (non-hydrogen) atoms. The summed E-state index contributed by atoms with van der Waals surface area (Å²) in [4.78, 5) is 18.9. The van der Waals surface area contributed by atoms with E-state index in [1.807, 2.05) is 75.3 Å². The number of rotatable bonds is 4. The second kappa shape index (κ2) is 6.81. The number of carbonyl (C=O) groups is 1. The van der Waals surface area contributed by atoms with Gasteiger partial charge in [-0.3, -0.25) is 4.79 Å². The summed E-state index contributed by atoms with van der Waals surface area (Å²) in [7, 11) is 3.89. The van der Waals surface area contributed by atoms with Gasteiger partial charge in [0.05, 0.1) is 5.69 Å². The lowest BCUT2D eigenvalue weighted by Crippen LogP contribution is -2.14. The number of hydrogen-bond acceptors (Lipinski definition) is 4. The van der Waals surface area contributed by atoms with E-state index >= 15 is 0 Å². The molecule has 128 valence electrons. The van der Waals surface area contributed by atoms with Crippen molar-refractivity contribution < 1.29 is 9.21 Å². The van der Waals surface area contributed by atoms with Crippen molar-refractivity contribution in [3.05, 3.63) is 65.5 Å². The number of benzene rings is 2. The summed E-state index contributed by atoms with van der Waals surface area (Å²) in [5.41, 5.74) is 3.98. The average Bonchev–Trinajstić information content (AvgIpc) is 2.94. The zero-order chi connectivity index (χ0) is 18.0. The van der Waals surface area contributed by atoms with Crippen molar-refractivity contribution >= 4 is 17.3 Å². The van der Waals surface area contributed by atoms with E-state index in [-0.39, 0.29) is 5.91 Å². The van der Waals surface area contributed by atoms with Crippen LogP contribution in [0.15, 0.2) is 52.9 Å². The molecule has 5 heteroatoms. The molecule has 5 nitrogen and oxygen atoms in total. The van der Waals surface area contributed by atoms with Crippen LogP contribution in [0.1, 0.15) is 21.8 Å². The lowest BCUT2D eigenvalue weighted by atomic mass is 10.1. The summed E-state index contributed by atoms with van der Waals surface area (Å²) in [6.45, 7) is 3.79. The highest BCUT2D eigenvalue weighted by Crippen LogP contribution is 2.24. The summed E-state index contributed by atoms with van der Waals surface area (Å²) >= 11 is 0. The third-order valence-corrected chi connectivity index (χ3v) is 4.02. The first-order valence-corrected chi connectivity index (χ1v) is 8.07. The van der Waals surface area contributed by atoms with E-state index in [1.165, 1.54) is 0 Å². The van der Waals surface area contributed by atoms with Crippen LogP contribution in [0.5, 0.6) is 0 Å². The second-order valence-corrected chi connectivity index (χ2v) is 6.14. The minimum absolute atomic E-state index is 0.152. The Labute approximate surface area is 147 Å². The number of aryl methyl sites for hydroxylation is 2. The third kappa shape index (κ3) is 3.71. The number of aromatic nitrogens is 1. The summed E-state index contributed by atoms with van der Waals surface area (Å²) < 4.78 is 5.66. The maximum atomic E-state index is 12.5. The minimum atomic E-state index is -0.152. The zero-order valence-electron chi connectivity index (χ0n) is 14.8. The maximum absolute atomic E-state index is 12.5. The molecule has 0 fully saturated rings. The Morgan fingerprint density at radius 1 is 1.08 bits per heavy atom. The number of amides is 1. The molecular formula is C20H21N3O2. The smallest absolute Gasteiger partial charge is 0.255 e. The molecule has 0 spiro atoms. The van der Waals surface area contributed by atoms with Crippen LogP contribution in [0, 0.1) is 13.8 Å². The first-order valence-electron chi connectivity index (χ1n) is 8.07. The van der Waals surface area contributed by atoms with Crippen LogP contribution in [0.3, 0.4) is 0 Å². The first kappa shape index (κ1) is 16.8. The van der Waals surface area contributed by atoms with Gasteiger partial charge in [-0.2, -0.15) is 0 Å². The fourth-order valence-electron chi connectivity index (χ4n) is 2.45. The van der Waals surface area contributed by atoms with Gasteiger partial charge >= 0.3 is 0 Å². The highest BCUT2D eigenvalue weighted by Gasteiger charge is 2.11. The number of hydrogen-bond donors (Lipinski definition) is 1. The van der Waals surface area contributed by atoms with E-state index in [1.54, 1.807) is 6.07 Å². The van der Waals surface area contributed by atoms with Crippen molar-refractivity contribution in [3.63, 3.8) is 0 Å². The molecule has 3 aromatic rings.